The van der Waals surface area contributed by atoms with Crippen LogP contribution in [0, 0.1) is 5.92 Å². The van der Waals surface area contributed by atoms with E-state index in [1.165, 1.54) is 38.5 Å². The lowest BCUT2D eigenvalue weighted by atomic mass is 9.91. The minimum absolute atomic E-state index is 0. The molecule has 1 nitrogen and oxygen atoms in total. The van der Waals surface area contributed by atoms with E-state index in [0.29, 0.717) is 0 Å². The molecule has 0 aromatic heterocycles. The minimum atomic E-state index is 0. The van der Waals surface area contributed by atoms with Gasteiger partial charge in [-0.05, 0) is 5.92 Å². The Morgan fingerprint density at radius 2 is 1.07 bits per heavy atom. The van der Waals surface area contributed by atoms with Crippen molar-refractivity contribution in [2.24, 2.45) is 5.92 Å². The van der Waals surface area contributed by atoms with Gasteiger partial charge in [-0.15, -0.1) is 0 Å². The molecule has 0 heterocycles. The van der Waals surface area contributed by atoms with Gasteiger partial charge < -0.3 is 5.48 Å². The first-order valence-corrected chi connectivity index (χ1v) is 6.81. The molecular weight excluding hydrogens is 184 g/mol. The molecule has 1 aliphatic carbocycles. The van der Waals surface area contributed by atoms with Crippen molar-refractivity contribution >= 4 is 0 Å². The average molecular weight is 220 g/mol. The molecule has 0 saturated heterocycles. The van der Waals surface area contributed by atoms with Gasteiger partial charge in [-0.25, -0.2) is 0 Å². The van der Waals surface area contributed by atoms with Crippen LogP contribution in [0.15, 0.2) is 0 Å². The molecule has 15 heavy (non-hydrogen) atoms. The van der Waals surface area contributed by atoms with Gasteiger partial charge in [-0.2, -0.15) is 0 Å². The Hall–Kier alpha value is -0.0400. The highest BCUT2D eigenvalue weighted by Gasteiger charge is 2.05. The molecule has 0 aliphatic heterocycles. The van der Waals surface area contributed by atoms with Crippen LogP contribution in [0.4, 0.5) is 0 Å². The van der Waals surface area contributed by atoms with Gasteiger partial charge in [0.1, 0.15) is 0 Å². The minimum Gasteiger partial charge on any atom is -0.412 e. The number of hydrogen-bond donors (Lipinski definition) is 0. The first kappa shape index (κ1) is 24.3. The maximum atomic E-state index is 2.36. The summed E-state index contributed by atoms with van der Waals surface area (Å²) in [7, 11) is 0. The van der Waals surface area contributed by atoms with Crippen LogP contribution in [-0.4, -0.2) is 5.48 Å². The molecule has 1 fully saturated rings. The quantitative estimate of drug-likeness (QED) is 0.535. The molecule has 0 amide bonds. The zero-order valence-electron chi connectivity index (χ0n) is 12.3. The van der Waals surface area contributed by atoms with Crippen LogP contribution in [0.1, 0.15) is 87.0 Å². The molecule has 0 atom stereocenters. The van der Waals surface area contributed by atoms with Crippen molar-refractivity contribution in [1.29, 1.82) is 0 Å². The summed E-state index contributed by atoms with van der Waals surface area (Å²) in [6.07, 6.45) is 8.69. The summed E-state index contributed by atoms with van der Waals surface area (Å²) in [6.45, 7) is 14.6. The molecular formula is C14H36O. The van der Waals surface area contributed by atoms with E-state index in [1.807, 2.05) is 27.7 Å². The number of hydrogen-bond acceptors (Lipinski definition) is 0. The lowest BCUT2D eigenvalue weighted by Gasteiger charge is -2.15. The van der Waals surface area contributed by atoms with Crippen LogP contribution >= 0.6 is 0 Å². The third-order valence-electron chi connectivity index (χ3n) is 1.89. The fourth-order valence-electron chi connectivity index (χ4n) is 1.31. The van der Waals surface area contributed by atoms with E-state index in [4.69, 9.17) is 0 Å². The second kappa shape index (κ2) is 29.2. The summed E-state index contributed by atoms with van der Waals surface area (Å²) in [5.41, 5.74) is 0. The molecule has 1 aliphatic rings. The van der Waals surface area contributed by atoms with Crippen molar-refractivity contribution in [1.82, 2.24) is 0 Å². The summed E-state index contributed by atoms with van der Waals surface area (Å²) in [6, 6.07) is 0. The Labute approximate surface area is 99.0 Å². The first-order chi connectivity index (χ1) is 6.81. The molecule has 0 bridgehead atoms. The van der Waals surface area contributed by atoms with Crippen molar-refractivity contribution in [2.45, 2.75) is 87.0 Å². The Kier molecular flexibility index (Phi) is 47.3. The van der Waals surface area contributed by atoms with Gasteiger partial charge in [0, 0.05) is 0 Å². The lowest BCUT2D eigenvalue weighted by molar-refractivity contribution is 0.385. The third kappa shape index (κ3) is 31.5. The molecule has 0 unspecified atom stereocenters. The van der Waals surface area contributed by atoms with Crippen LogP contribution in [0.2, 0.25) is 0 Å². The molecule has 0 aromatic rings. The van der Waals surface area contributed by atoms with Crippen LogP contribution in [0.5, 0.6) is 0 Å². The smallest absolute Gasteiger partial charge is 0.0443 e. The predicted molar refractivity (Wildman–Crippen MR) is 74.5 cm³/mol. The van der Waals surface area contributed by atoms with E-state index in [9.17, 15) is 0 Å². The largest absolute Gasteiger partial charge is 0.412 e. The van der Waals surface area contributed by atoms with Crippen molar-refractivity contribution in [3.05, 3.63) is 0 Å². The van der Waals surface area contributed by atoms with Gasteiger partial charge in [-0.1, -0.05) is 87.0 Å². The van der Waals surface area contributed by atoms with Crippen molar-refractivity contribution in [3.8, 4) is 0 Å². The molecule has 0 radical (unpaired) electrons. The van der Waals surface area contributed by atoms with Crippen molar-refractivity contribution < 1.29 is 5.48 Å². The Morgan fingerprint density at radius 3 is 1.20 bits per heavy atom. The Morgan fingerprint density at radius 1 is 0.800 bits per heavy atom. The van der Waals surface area contributed by atoms with E-state index < -0.39 is 0 Å². The standard InChI is InChI=1S/C7H14.C3H8.2C2H6.H2O/c1-7-5-3-2-4-6-7;1-3-2;2*1-2;/h7H,2-6H2,1H3;3H2,1-2H3;2*1-2H3;1H2. The third-order valence-corrected chi connectivity index (χ3v) is 1.89. The second-order valence-electron chi connectivity index (χ2n) is 3.45. The van der Waals surface area contributed by atoms with E-state index in [0.717, 1.165) is 5.92 Å². The van der Waals surface area contributed by atoms with Gasteiger partial charge in [0.05, 0.1) is 0 Å². The maximum absolute atomic E-state index is 2.36. The highest BCUT2D eigenvalue weighted by Crippen LogP contribution is 2.21. The monoisotopic (exact) mass is 220 g/mol. The van der Waals surface area contributed by atoms with Crippen LogP contribution in [0.3, 0.4) is 0 Å². The summed E-state index contributed by atoms with van der Waals surface area (Å²) in [4.78, 5) is 0. The maximum Gasteiger partial charge on any atom is -0.0443 e. The fourth-order valence-corrected chi connectivity index (χ4v) is 1.31. The molecule has 1 rings (SSSR count). The average Bonchev–Trinajstić information content (AvgIpc) is 2.26. The molecule has 1 saturated carbocycles. The highest BCUT2D eigenvalue weighted by molar-refractivity contribution is 4.59. The molecule has 1 heteroatoms. The summed E-state index contributed by atoms with van der Waals surface area (Å²) < 4.78 is 0. The van der Waals surface area contributed by atoms with E-state index in [1.54, 1.807) is 0 Å². The second-order valence-corrected chi connectivity index (χ2v) is 3.45. The van der Waals surface area contributed by atoms with Gasteiger partial charge >= 0.3 is 0 Å². The zero-order valence-corrected chi connectivity index (χ0v) is 12.3. The van der Waals surface area contributed by atoms with E-state index in [-0.39, 0.29) is 5.48 Å². The topological polar surface area (TPSA) is 31.5 Å². The highest BCUT2D eigenvalue weighted by atomic mass is 16.0. The van der Waals surface area contributed by atoms with E-state index >= 15 is 0 Å². The van der Waals surface area contributed by atoms with Crippen LogP contribution in [0.25, 0.3) is 0 Å². The SMILES string of the molecule is CC.CC.CC1CCCCC1.CCC.O. The van der Waals surface area contributed by atoms with Crippen LogP contribution < -0.4 is 0 Å². The van der Waals surface area contributed by atoms with Gasteiger partial charge in [0.2, 0.25) is 0 Å². The van der Waals surface area contributed by atoms with E-state index in [2.05, 4.69) is 20.8 Å². The molecule has 2 N–H and O–H groups in total. The summed E-state index contributed by atoms with van der Waals surface area (Å²) in [5, 5.41) is 0. The zero-order chi connectivity index (χ0) is 11.8. The normalized spacial score (nSPS) is 13.8. The summed E-state index contributed by atoms with van der Waals surface area (Å²) >= 11 is 0. The van der Waals surface area contributed by atoms with Gasteiger partial charge in [0.15, 0.2) is 0 Å². The van der Waals surface area contributed by atoms with Gasteiger partial charge in [-0.3, -0.25) is 0 Å². The fraction of sp³-hybridized carbons (Fsp3) is 1.00. The molecule has 0 aromatic carbocycles. The van der Waals surface area contributed by atoms with Gasteiger partial charge in [0.25, 0.3) is 0 Å². The Bertz CT molecular complexity index is 56.4. The lowest BCUT2D eigenvalue weighted by Crippen LogP contribution is -1.99. The Balaban J connectivity index is -0.0000000658. The molecule has 98 valence electrons. The first-order valence-electron chi connectivity index (χ1n) is 6.81. The predicted octanol–water partition coefficient (Wildman–Crippen LogP) is 5.23. The van der Waals surface area contributed by atoms with Crippen LogP contribution in [-0.2, 0) is 0 Å². The van der Waals surface area contributed by atoms with Crippen molar-refractivity contribution in [2.75, 3.05) is 0 Å². The molecule has 0 spiro atoms. The number of rotatable bonds is 0. The summed E-state index contributed by atoms with van der Waals surface area (Å²) in [5.74, 6) is 1.04. The van der Waals surface area contributed by atoms with Crippen molar-refractivity contribution in [3.63, 3.8) is 0 Å².